The smallest absolute Gasteiger partial charge is 0.267 e. The van der Waals surface area contributed by atoms with Crippen LogP contribution in [0.4, 0.5) is 5.13 Å². The van der Waals surface area contributed by atoms with Gasteiger partial charge < -0.3 is 4.74 Å². The largest absolute Gasteiger partial charge is 0.492 e. The number of carbonyl (C=O) groups is 1. The van der Waals surface area contributed by atoms with Crippen LogP contribution in [-0.4, -0.2) is 17.5 Å². The molecule has 0 spiro atoms. The molecule has 2 heterocycles. The Morgan fingerprint density at radius 1 is 1.33 bits per heavy atom. The molecule has 1 N–H and O–H groups in total. The molecule has 0 saturated heterocycles. The summed E-state index contributed by atoms with van der Waals surface area (Å²) in [7, 11) is 0. The Balaban J connectivity index is 1.87. The number of rotatable bonds is 4. The molecule has 0 aliphatic rings. The average molecular weight is 339 g/mol. The molecule has 0 radical (unpaired) electrons. The predicted octanol–water partition coefficient (Wildman–Crippen LogP) is 4.66. The van der Waals surface area contributed by atoms with E-state index in [1.54, 1.807) is 12.1 Å². The van der Waals surface area contributed by atoms with E-state index in [9.17, 15) is 4.79 Å². The molecule has 1 aromatic carbocycles. The highest BCUT2D eigenvalue weighted by Gasteiger charge is 2.13. The van der Waals surface area contributed by atoms with E-state index in [2.05, 4.69) is 10.3 Å². The number of hydrogen-bond acceptors (Lipinski definition) is 5. The number of benzene rings is 1. The molecule has 0 aliphatic carbocycles. The molecule has 7 heteroatoms. The number of thiophene rings is 1. The topological polar surface area (TPSA) is 51.2 Å². The fraction of sp³-hybridized carbons (Fsp3) is 0.143. The summed E-state index contributed by atoms with van der Waals surface area (Å²) in [6.45, 7) is 2.50. The van der Waals surface area contributed by atoms with E-state index >= 15 is 0 Å². The van der Waals surface area contributed by atoms with Gasteiger partial charge in [0.15, 0.2) is 5.13 Å². The second-order valence-electron chi connectivity index (χ2n) is 4.11. The van der Waals surface area contributed by atoms with Crippen LogP contribution in [0.2, 0.25) is 4.34 Å². The van der Waals surface area contributed by atoms with Crippen molar-refractivity contribution in [3.05, 3.63) is 39.5 Å². The average Bonchev–Trinajstić information content (AvgIpc) is 3.05. The number of aromatic nitrogens is 1. The second-order valence-corrected chi connectivity index (χ2v) is 6.86. The highest BCUT2D eigenvalue weighted by atomic mass is 35.5. The lowest BCUT2D eigenvalue weighted by Gasteiger charge is -2.02. The molecule has 0 fully saturated rings. The first-order valence-electron chi connectivity index (χ1n) is 6.26. The number of halogens is 1. The van der Waals surface area contributed by atoms with Crippen LogP contribution in [0.25, 0.3) is 10.2 Å². The van der Waals surface area contributed by atoms with E-state index in [1.165, 1.54) is 22.7 Å². The normalized spacial score (nSPS) is 10.8. The number of anilines is 1. The molecule has 0 saturated carbocycles. The second kappa shape index (κ2) is 6.01. The van der Waals surface area contributed by atoms with E-state index in [0.29, 0.717) is 21.0 Å². The summed E-state index contributed by atoms with van der Waals surface area (Å²) >= 11 is 8.49. The van der Waals surface area contributed by atoms with Gasteiger partial charge in [-0.1, -0.05) is 29.0 Å². The van der Waals surface area contributed by atoms with E-state index < -0.39 is 0 Å². The van der Waals surface area contributed by atoms with Gasteiger partial charge in [0.25, 0.3) is 5.91 Å². The summed E-state index contributed by atoms with van der Waals surface area (Å²) in [5, 5.41) is 3.34. The number of hydrogen-bond donors (Lipinski definition) is 1. The SMILES string of the molecule is CCOc1cccc2sc(NC(=O)c3ccc(Cl)s3)nc12. The Kier molecular flexibility index (Phi) is 4.10. The van der Waals surface area contributed by atoms with E-state index in [0.717, 1.165) is 16.0 Å². The number of thiazole rings is 1. The van der Waals surface area contributed by atoms with Gasteiger partial charge in [0.05, 0.1) is 20.5 Å². The minimum Gasteiger partial charge on any atom is -0.492 e. The molecule has 108 valence electrons. The molecule has 3 aromatic rings. The fourth-order valence-corrected chi connectivity index (χ4v) is 3.66. The van der Waals surface area contributed by atoms with Crippen molar-refractivity contribution < 1.29 is 9.53 Å². The third kappa shape index (κ3) is 3.02. The van der Waals surface area contributed by atoms with Gasteiger partial charge in [-0.25, -0.2) is 4.98 Å². The van der Waals surface area contributed by atoms with Gasteiger partial charge in [0.1, 0.15) is 11.3 Å². The summed E-state index contributed by atoms with van der Waals surface area (Å²) in [6.07, 6.45) is 0. The lowest BCUT2D eigenvalue weighted by Crippen LogP contribution is -2.09. The van der Waals surface area contributed by atoms with Crippen LogP contribution in [0.3, 0.4) is 0 Å². The molecule has 0 bridgehead atoms. The molecule has 0 atom stereocenters. The van der Waals surface area contributed by atoms with E-state index in [-0.39, 0.29) is 5.91 Å². The zero-order valence-corrected chi connectivity index (χ0v) is 13.4. The van der Waals surface area contributed by atoms with Crippen molar-refractivity contribution in [2.75, 3.05) is 11.9 Å². The van der Waals surface area contributed by atoms with Gasteiger partial charge in [-0.15, -0.1) is 11.3 Å². The first-order chi connectivity index (χ1) is 10.2. The van der Waals surface area contributed by atoms with Gasteiger partial charge in [0.2, 0.25) is 0 Å². The maximum Gasteiger partial charge on any atom is 0.267 e. The minimum absolute atomic E-state index is 0.205. The van der Waals surface area contributed by atoms with Gasteiger partial charge in [-0.2, -0.15) is 0 Å². The van der Waals surface area contributed by atoms with Crippen molar-refractivity contribution >= 4 is 55.5 Å². The standard InChI is InChI=1S/C14H11ClN2O2S2/c1-2-19-8-4-3-5-9-12(8)16-14(21-9)17-13(18)10-6-7-11(15)20-10/h3-7H,2H2,1H3,(H,16,17,18). The molecule has 0 aliphatic heterocycles. The van der Waals surface area contributed by atoms with Gasteiger partial charge in [0, 0.05) is 0 Å². The number of carbonyl (C=O) groups excluding carboxylic acids is 1. The molecule has 2 aromatic heterocycles. The summed E-state index contributed by atoms with van der Waals surface area (Å²) in [4.78, 5) is 17.1. The third-order valence-electron chi connectivity index (χ3n) is 2.70. The van der Waals surface area contributed by atoms with Crippen LogP contribution in [0.5, 0.6) is 5.75 Å². The number of para-hydroxylation sites is 1. The molecular formula is C14H11ClN2O2S2. The van der Waals surface area contributed by atoms with Crippen LogP contribution in [0.15, 0.2) is 30.3 Å². The van der Waals surface area contributed by atoms with Crippen molar-refractivity contribution in [1.82, 2.24) is 4.98 Å². The zero-order chi connectivity index (χ0) is 14.8. The number of amides is 1. The van der Waals surface area contributed by atoms with Crippen molar-refractivity contribution in [3.8, 4) is 5.75 Å². The predicted molar refractivity (Wildman–Crippen MR) is 88.1 cm³/mol. The van der Waals surface area contributed by atoms with Crippen LogP contribution >= 0.6 is 34.3 Å². The van der Waals surface area contributed by atoms with Crippen molar-refractivity contribution in [1.29, 1.82) is 0 Å². The summed E-state index contributed by atoms with van der Waals surface area (Å²) in [6, 6.07) is 9.13. The Labute approximate surface area is 134 Å². The van der Waals surface area contributed by atoms with Crippen LogP contribution in [0.1, 0.15) is 16.6 Å². The van der Waals surface area contributed by atoms with Gasteiger partial charge in [-0.3, -0.25) is 10.1 Å². The van der Waals surface area contributed by atoms with Gasteiger partial charge in [-0.05, 0) is 31.2 Å². The molecule has 1 amide bonds. The summed E-state index contributed by atoms with van der Waals surface area (Å²) < 4.78 is 7.10. The maximum absolute atomic E-state index is 12.1. The van der Waals surface area contributed by atoms with Crippen molar-refractivity contribution in [3.63, 3.8) is 0 Å². The highest BCUT2D eigenvalue weighted by molar-refractivity contribution is 7.22. The van der Waals surface area contributed by atoms with Crippen LogP contribution in [-0.2, 0) is 0 Å². The Bertz CT molecular complexity index is 797. The molecule has 4 nitrogen and oxygen atoms in total. The van der Waals surface area contributed by atoms with Gasteiger partial charge >= 0.3 is 0 Å². The number of nitrogens with zero attached hydrogens (tertiary/aromatic N) is 1. The monoisotopic (exact) mass is 338 g/mol. The Morgan fingerprint density at radius 2 is 2.19 bits per heavy atom. The Morgan fingerprint density at radius 3 is 2.90 bits per heavy atom. The molecule has 0 unspecified atom stereocenters. The highest BCUT2D eigenvalue weighted by Crippen LogP contribution is 2.32. The number of nitrogens with one attached hydrogen (secondary N) is 1. The third-order valence-corrected chi connectivity index (χ3v) is 4.87. The fourth-order valence-electron chi connectivity index (χ4n) is 1.84. The molecule has 3 rings (SSSR count). The molecular weight excluding hydrogens is 328 g/mol. The van der Waals surface area contributed by atoms with Crippen molar-refractivity contribution in [2.24, 2.45) is 0 Å². The van der Waals surface area contributed by atoms with Crippen LogP contribution < -0.4 is 10.1 Å². The maximum atomic E-state index is 12.1. The number of fused-ring (bicyclic) bond motifs is 1. The lowest BCUT2D eigenvalue weighted by atomic mass is 10.3. The first-order valence-corrected chi connectivity index (χ1v) is 8.27. The van der Waals surface area contributed by atoms with E-state index in [1.807, 2.05) is 25.1 Å². The molecule has 21 heavy (non-hydrogen) atoms. The minimum atomic E-state index is -0.205. The summed E-state index contributed by atoms with van der Waals surface area (Å²) in [5.74, 6) is 0.523. The van der Waals surface area contributed by atoms with E-state index in [4.69, 9.17) is 16.3 Å². The Hall–Kier alpha value is -1.63. The first kappa shape index (κ1) is 14.3. The quantitative estimate of drug-likeness (QED) is 0.752. The van der Waals surface area contributed by atoms with Crippen molar-refractivity contribution in [2.45, 2.75) is 6.92 Å². The lowest BCUT2D eigenvalue weighted by molar-refractivity contribution is 0.103. The number of ether oxygens (including phenoxy) is 1. The zero-order valence-electron chi connectivity index (χ0n) is 11.1. The summed E-state index contributed by atoms with van der Waals surface area (Å²) in [5.41, 5.74) is 0.767. The van der Waals surface area contributed by atoms with Crippen LogP contribution in [0, 0.1) is 0 Å².